The van der Waals surface area contributed by atoms with E-state index in [1.54, 1.807) is 21.6 Å². The fourth-order valence-corrected chi connectivity index (χ4v) is 4.34. The molecule has 2 aromatic carbocycles. The van der Waals surface area contributed by atoms with Gasteiger partial charge in [-0.2, -0.15) is 0 Å². The zero-order valence-corrected chi connectivity index (χ0v) is 15.9. The Hall–Kier alpha value is -2.51. The van der Waals surface area contributed by atoms with Crippen LogP contribution in [0, 0.1) is 0 Å². The molecule has 0 atom stereocenters. The van der Waals surface area contributed by atoms with Gasteiger partial charge in [0.2, 0.25) is 0 Å². The van der Waals surface area contributed by atoms with E-state index in [0.717, 1.165) is 15.5 Å². The fraction of sp³-hybridized carbons (Fsp3) is 0.300. The molecule has 3 amide bonds. The van der Waals surface area contributed by atoms with Crippen molar-refractivity contribution >= 4 is 35.1 Å². The van der Waals surface area contributed by atoms with Crippen LogP contribution in [0.4, 0.5) is 16.2 Å². The second-order valence-electron chi connectivity index (χ2n) is 6.36. The van der Waals surface area contributed by atoms with Crippen LogP contribution in [-0.2, 0) is 4.74 Å². The largest absolute Gasteiger partial charge is 0.378 e. The predicted molar refractivity (Wildman–Crippen MR) is 106 cm³/mol. The minimum absolute atomic E-state index is 0.0176. The van der Waals surface area contributed by atoms with Gasteiger partial charge in [-0.05, 0) is 37.3 Å². The van der Waals surface area contributed by atoms with Crippen molar-refractivity contribution in [1.82, 2.24) is 4.90 Å². The Bertz CT molecular complexity index is 881. The molecule has 27 heavy (non-hydrogen) atoms. The maximum Gasteiger partial charge on any atom is 0.322 e. The summed E-state index contributed by atoms with van der Waals surface area (Å²) >= 11 is 1.58. The van der Waals surface area contributed by atoms with Crippen LogP contribution in [0.3, 0.4) is 0 Å². The first kappa shape index (κ1) is 17.9. The van der Waals surface area contributed by atoms with E-state index < -0.39 is 0 Å². The van der Waals surface area contributed by atoms with Gasteiger partial charge in [-0.25, -0.2) is 4.79 Å². The van der Waals surface area contributed by atoms with E-state index >= 15 is 0 Å². The summed E-state index contributed by atoms with van der Waals surface area (Å²) in [5.74, 6) is -0.0176. The number of anilines is 2. The summed E-state index contributed by atoms with van der Waals surface area (Å²) in [4.78, 5) is 30.9. The summed E-state index contributed by atoms with van der Waals surface area (Å²) in [5, 5.41) is 2.95. The lowest BCUT2D eigenvalue weighted by Gasteiger charge is -2.27. The zero-order chi connectivity index (χ0) is 18.8. The number of amides is 3. The topological polar surface area (TPSA) is 61.9 Å². The third kappa shape index (κ3) is 3.52. The molecule has 2 aromatic rings. The lowest BCUT2D eigenvalue weighted by atomic mass is 10.1. The number of urea groups is 1. The molecule has 0 radical (unpaired) electrons. The summed E-state index contributed by atoms with van der Waals surface area (Å²) in [6.45, 7) is 4.80. The molecular formula is C20H21N3O3S. The monoisotopic (exact) mass is 383 g/mol. The normalized spacial score (nSPS) is 16.4. The van der Waals surface area contributed by atoms with Gasteiger partial charge in [0.1, 0.15) is 0 Å². The number of rotatable bonds is 2. The van der Waals surface area contributed by atoms with E-state index in [9.17, 15) is 9.59 Å². The molecule has 1 fully saturated rings. The molecule has 1 saturated heterocycles. The summed E-state index contributed by atoms with van der Waals surface area (Å²) in [5.41, 5.74) is 2.21. The van der Waals surface area contributed by atoms with Gasteiger partial charge in [0.15, 0.2) is 0 Å². The highest BCUT2D eigenvalue weighted by Crippen LogP contribution is 2.42. The first-order valence-corrected chi connectivity index (χ1v) is 9.85. The molecule has 0 saturated carbocycles. The van der Waals surface area contributed by atoms with Crippen LogP contribution >= 0.6 is 11.8 Å². The number of carbonyl (C=O) groups is 2. The number of benzene rings is 2. The van der Waals surface area contributed by atoms with E-state index in [1.165, 1.54) is 0 Å². The maximum absolute atomic E-state index is 13.0. The summed E-state index contributed by atoms with van der Waals surface area (Å²) < 4.78 is 5.29. The molecule has 6 nitrogen and oxygen atoms in total. The minimum Gasteiger partial charge on any atom is -0.378 e. The van der Waals surface area contributed by atoms with Crippen LogP contribution in [0.25, 0.3) is 0 Å². The Morgan fingerprint density at radius 3 is 2.70 bits per heavy atom. The number of hydrogen-bond acceptors (Lipinski definition) is 4. The Kier molecular flexibility index (Phi) is 5.05. The average Bonchev–Trinajstić information content (AvgIpc) is 2.82. The summed E-state index contributed by atoms with van der Waals surface area (Å²) in [7, 11) is 0. The Balaban J connectivity index is 1.64. The molecule has 1 N–H and O–H groups in total. The third-order valence-electron chi connectivity index (χ3n) is 4.70. The van der Waals surface area contributed by atoms with Gasteiger partial charge >= 0.3 is 6.03 Å². The predicted octanol–water partition coefficient (Wildman–Crippen LogP) is 3.68. The van der Waals surface area contributed by atoms with Crippen molar-refractivity contribution in [1.29, 1.82) is 0 Å². The van der Waals surface area contributed by atoms with E-state index in [1.807, 2.05) is 49.4 Å². The standard InChI is InChI=1S/C20H21N3O3S/c1-2-23-16-13-14(21-20(25)22-9-11-26-12-10-22)7-8-18(16)27-17-6-4-3-5-15(17)19(23)24/h3-8,13H,2,9-12H2,1H3,(H,21,25). The molecule has 2 heterocycles. The first-order chi connectivity index (χ1) is 13.2. The van der Waals surface area contributed by atoms with E-state index in [0.29, 0.717) is 44.1 Å². The Morgan fingerprint density at radius 1 is 1.15 bits per heavy atom. The van der Waals surface area contributed by atoms with Crippen molar-refractivity contribution in [2.45, 2.75) is 16.7 Å². The molecule has 0 unspecified atom stereocenters. The van der Waals surface area contributed by atoms with Crippen LogP contribution in [0.2, 0.25) is 0 Å². The van der Waals surface area contributed by atoms with Crippen molar-refractivity contribution in [3.05, 3.63) is 48.0 Å². The smallest absolute Gasteiger partial charge is 0.322 e. The quantitative estimate of drug-likeness (QED) is 0.859. The molecule has 0 spiro atoms. The maximum atomic E-state index is 13.0. The molecule has 0 aromatic heterocycles. The number of carbonyl (C=O) groups excluding carboxylic acids is 2. The lowest BCUT2D eigenvalue weighted by Crippen LogP contribution is -2.43. The number of fused-ring (bicyclic) bond motifs is 2. The highest BCUT2D eigenvalue weighted by atomic mass is 32.2. The molecule has 4 rings (SSSR count). The Morgan fingerprint density at radius 2 is 1.93 bits per heavy atom. The average molecular weight is 383 g/mol. The highest BCUT2D eigenvalue weighted by Gasteiger charge is 2.26. The molecule has 2 aliphatic heterocycles. The molecule has 2 aliphatic rings. The SMILES string of the molecule is CCN1C(=O)c2ccccc2Sc2ccc(NC(=O)N3CCOCC3)cc21. The van der Waals surface area contributed by atoms with Gasteiger partial charge in [0, 0.05) is 35.1 Å². The fourth-order valence-electron chi connectivity index (χ4n) is 3.28. The zero-order valence-electron chi connectivity index (χ0n) is 15.1. The minimum atomic E-state index is -0.141. The second kappa shape index (κ2) is 7.62. The summed E-state index contributed by atoms with van der Waals surface area (Å²) in [6.07, 6.45) is 0. The van der Waals surface area contributed by atoms with Crippen molar-refractivity contribution in [2.24, 2.45) is 0 Å². The van der Waals surface area contributed by atoms with Gasteiger partial charge in [0.05, 0.1) is 24.5 Å². The third-order valence-corrected chi connectivity index (χ3v) is 5.84. The summed E-state index contributed by atoms with van der Waals surface area (Å²) in [6, 6.07) is 13.2. The van der Waals surface area contributed by atoms with Gasteiger partial charge in [0.25, 0.3) is 5.91 Å². The van der Waals surface area contributed by atoms with Crippen molar-refractivity contribution in [2.75, 3.05) is 43.1 Å². The van der Waals surface area contributed by atoms with Crippen LogP contribution in [0.5, 0.6) is 0 Å². The van der Waals surface area contributed by atoms with Crippen molar-refractivity contribution in [3.8, 4) is 0 Å². The second-order valence-corrected chi connectivity index (χ2v) is 7.44. The number of hydrogen-bond donors (Lipinski definition) is 1. The van der Waals surface area contributed by atoms with Gasteiger partial charge in [-0.15, -0.1) is 0 Å². The van der Waals surface area contributed by atoms with Gasteiger partial charge in [-0.1, -0.05) is 23.9 Å². The molecule has 0 bridgehead atoms. The van der Waals surface area contributed by atoms with Crippen LogP contribution in [-0.4, -0.2) is 49.7 Å². The lowest BCUT2D eigenvalue weighted by molar-refractivity contribution is 0.0564. The highest BCUT2D eigenvalue weighted by molar-refractivity contribution is 7.99. The van der Waals surface area contributed by atoms with Crippen LogP contribution in [0.15, 0.2) is 52.3 Å². The van der Waals surface area contributed by atoms with E-state index in [2.05, 4.69) is 5.32 Å². The van der Waals surface area contributed by atoms with Crippen LogP contribution in [0.1, 0.15) is 17.3 Å². The number of nitrogens with one attached hydrogen (secondary N) is 1. The number of morpholine rings is 1. The van der Waals surface area contributed by atoms with Crippen molar-refractivity contribution < 1.29 is 14.3 Å². The number of ether oxygens (including phenoxy) is 1. The van der Waals surface area contributed by atoms with Gasteiger partial charge in [-0.3, -0.25) is 4.79 Å². The molecule has 0 aliphatic carbocycles. The molecule has 7 heteroatoms. The molecule has 140 valence electrons. The van der Waals surface area contributed by atoms with E-state index in [-0.39, 0.29) is 11.9 Å². The van der Waals surface area contributed by atoms with E-state index in [4.69, 9.17) is 4.74 Å². The Labute approximate surface area is 162 Å². The first-order valence-electron chi connectivity index (χ1n) is 9.04. The van der Waals surface area contributed by atoms with Crippen molar-refractivity contribution in [3.63, 3.8) is 0 Å². The van der Waals surface area contributed by atoms with Crippen LogP contribution < -0.4 is 10.2 Å². The molecular weight excluding hydrogens is 362 g/mol. The van der Waals surface area contributed by atoms with Gasteiger partial charge < -0.3 is 19.9 Å². The number of nitrogens with zero attached hydrogens (tertiary/aromatic N) is 2.